The minimum absolute atomic E-state index is 0.0133. The van der Waals surface area contributed by atoms with E-state index in [4.69, 9.17) is 9.26 Å². The van der Waals surface area contributed by atoms with Gasteiger partial charge in [0.25, 0.3) is 11.8 Å². The maximum atomic E-state index is 13.1. The third-order valence-corrected chi connectivity index (χ3v) is 7.16. The van der Waals surface area contributed by atoms with E-state index in [2.05, 4.69) is 41.0 Å². The number of aromatic nitrogens is 4. The second-order valence-corrected chi connectivity index (χ2v) is 13.1. The number of ether oxygens (including phenoxy) is 1. The van der Waals surface area contributed by atoms with Crippen LogP contribution >= 0.6 is 0 Å². The summed E-state index contributed by atoms with van der Waals surface area (Å²) in [6, 6.07) is 6.70. The van der Waals surface area contributed by atoms with Crippen molar-refractivity contribution in [3.63, 3.8) is 0 Å². The highest BCUT2D eigenvalue weighted by molar-refractivity contribution is 7.88. The molecule has 4 N–H and O–H groups in total. The highest BCUT2D eigenvalue weighted by Gasteiger charge is 2.51. The van der Waals surface area contributed by atoms with Crippen LogP contribution in [-0.2, 0) is 20.4 Å². The van der Waals surface area contributed by atoms with Crippen LogP contribution in [0.1, 0.15) is 42.0 Å². The van der Waals surface area contributed by atoms with Gasteiger partial charge in [0.05, 0.1) is 35.8 Å². The number of nitrogens with zero attached hydrogens (tertiary/aromatic N) is 4. The molecule has 1 aromatic carbocycles. The number of para-hydroxylation sites is 1. The summed E-state index contributed by atoms with van der Waals surface area (Å²) in [7, 11) is 3.51. The SMILES string of the molecule is BC(B)(B)NC(=O)c1nnc(NC(=O)C2CC2)cc1Nc1cccc(-c2nc(C3(NS(C)(=O)=O)CC3)no2)c1OC. The smallest absolute Gasteiger partial charge is 0.272 e. The molecule has 3 aromatic rings. The first kappa shape index (κ1) is 28.6. The van der Waals surface area contributed by atoms with Gasteiger partial charge >= 0.3 is 0 Å². The van der Waals surface area contributed by atoms with Crippen molar-refractivity contribution in [1.82, 2.24) is 30.4 Å². The van der Waals surface area contributed by atoms with Crippen LogP contribution in [0.15, 0.2) is 28.8 Å². The zero-order valence-electron chi connectivity index (χ0n) is 23.4. The lowest BCUT2D eigenvalue weighted by Crippen LogP contribution is -2.50. The van der Waals surface area contributed by atoms with Gasteiger partial charge in [-0.1, -0.05) is 11.2 Å². The zero-order chi connectivity index (χ0) is 29.6. The van der Waals surface area contributed by atoms with Crippen molar-refractivity contribution < 1.29 is 27.3 Å². The Morgan fingerprint density at radius 2 is 1.88 bits per heavy atom. The molecule has 2 aliphatic rings. The molecule has 0 spiro atoms. The molecule has 0 saturated heterocycles. The van der Waals surface area contributed by atoms with E-state index in [0.717, 1.165) is 19.1 Å². The van der Waals surface area contributed by atoms with Gasteiger partial charge in [-0.05, 0) is 43.1 Å². The van der Waals surface area contributed by atoms with Gasteiger partial charge in [-0.25, -0.2) is 13.1 Å². The second kappa shape index (κ2) is 10.5. The Balaban J connectivity index is 1.48. The van der Waals surface area contributed by atoms with Gasteiger partial charge in [0.2, 0.25) is 15.9 Å². The normalized spacial score (nSPS) is 16.0. The minimum atomic E-state index is -3.49. The maximum absolute atomic E-state index is 13.1. The lowest BCUT2D eigenvalue weighted by atomic mass is 9.49. The summed E-state index contributed by atoms with van der Waals surface area (Å²) in [6.07, 6.45) is 3.82. The number of hydrogen-bond donors (Lipinski definition) is 4. The van der Waals surface area contributed by atoms with Gasteiger partial charge in [-0.3, -0.25) is 9.59 Å². The lowest BCUT2D eigenvalue weighted by Gasteiger charge is -2.21. The summed E-state index contributed by atoms with van der Waals surface area (Å²) < 4.78 is 37.5. The molecule has 0 unspecified atom stereocenters. The molecule has 0 radical (unpaired) electrons. The summed E-state index contributed by atoms with van der Waals surface area (Å²) in [4.78, 5) is 29.9. The number of amides is 2. The molecule has 212 valence electrons. The first-order chi connectivity index (χ1) is 19.3. The highest BCUT2D eigenvalue weighted by Crippen LogP contribution is 2.46. The van der Waals surface area contributed by atoms with Crippen molar-refractivity contribution in [1.29, 1.82) is 0 Å². The summed E-state index contributed by atoms with van der Waals surface area (Å²) in [5, 5.41) is 20.5. The van der Waals surface area contributed by atoms with E-state index >= 15 is 0 Å². The first-order valence-corrected chi connectivity index (χ1v) is 14.9. The molecule has 0 atom stereocenters. The Kier molecular flexibility index (Phi) is 7.32. The molecule has 2 aliphatic carbocycles. The summed E-state index contributed by atoms with van der Waals surface area (Å²) in [5.41, 5.74) is 0.287. The number of carbonyl (C=O) groups is 2. The molecule has 5 rings (SSSR count). The molecule has 2 amide bonds. The number of benzene rings is 1. The fraction of sp³-hybridized carbons (Fsp3) is 0.391. The largest absolute Gasteiger partial charge is 0.494 e. The summed E-state index contributed by atoms with van der Waals surface area (Å²) in [6.45, 7) is 0. The number of anilines is 3. The minimum Gasteiger partial charge on any atom is -0.494 e. The lowest BCUT2D eigenvalue weighted by molar-refractivity contribution is -0.117. The van der Waals surface area contributed by atoms with Gasteiger partial charge in [-0.15, -0.1) is 10.2 Å². The molecule has 18 heteroatoms. The molecule has 0 bridgehead atoms. The third kappa shape index (κ3) is 6.70. The van der Waals surface area contributed by atoms with Gasteiger partial charge < -0.3 is 25.2 Å². The molecule has 2 heterocycles. The van der Waals surface area contributed by atoms with E-state index in [1.165, 1.54) is 13.2 Å². The number of sulfonamides is 1. The molecule has 2 fully saturated rings. The van der Waals surface area contributed by atoms with Gasteiger partial charge in [-0.2, -0.15) is 4.98 Å². The van der Waals surface area contributed by atoms with Crippen LogP contribution in [-0.4, -0.2) is 82.7 Å². The van der Waals surface area contributed by atoms with E-state index in [-0.39, 0.29) is 40.7 Å². The van der Waals surface area contributed by atoms with Crippen LogP contribution in [0.2, 0.25) is 0 Å². The fourth-order valence-corrected chi connectivity index (χ4v) is 5.24. The topological polar surface area (TPSA) is 190 Å². The number of rotatable bonds is 11. The maximum Gasteiger partial charge on any atom is 0.272 e. The molecule has 2 saturated carbocycles. The number of carbonyl (C=O) groups excluding carboxylic acids is 2. The van der Waals surface area contributed by atoms with E-state index in [1.807, 2.05) is 23.5 Å². The molecule has 14 nitrogen and oxygen atoms in total. The zero-order valence-corrected chi connectivity index (χ0v) is 24.2. The van der Waals surface area contributed by atoms with Crippen LogP contribution in [0.5, 0.6) is 5.75 Å². The Morgan fingerprint density at radius 3 is 2.49 bits per heavy atom. The van der Waals surface area contributed by atoms with E-state index < -0.39 is 26.7 Å². The van der Waals surface area contributed by atoms with Crippen molar-refractivity contribution in [2.75, 3.05) is 24.0 Å². The number of methoxy groups -OCH3 is 1. The number of nitrogens with one attached hydrogen (secondary N) is 4. The van der Waals surface area contributed by atoms with Gasteiger partial charge in [0.1, 0.15) is 23.5 Å². The van der Waals surface area contributed by atoms with Crippen molar-refractivity contribution in [3.8, 4) is 17.2 Å². The molecule has 0 aliphatic heterocycles. The standard InChI is InChI=1S/C23H29B3N8O6S/c1-39-17-12(20-29-21(33-40-20)22(8-9-22)34-41(2,37)38)4-3-5-13(17)27-14-10-15(28-18(35)11-6-7-11)31-32-16(14)19(36)30-23(24,25)26/h3-5,10-11,34H,6-9,24-26H2,1-2H3,(H,30,36)(H2,27,28,31,35). The van der Waals surface area contributed by atoms with Crippen LogP contribution in [0.3, 0.4) is 0 Å². The van der Waals surface area contributed by atoms with E-state index in [1.54, 1.807) is 18.2 Å². The Hall–Kier alpha value is -3.92. The first-order valence-electron chi connectivity index (χ1n) is 13.1. The van der Waals surface area contributed by atoms with E-state index in [0.29, 0.717) is 29.8 Å². The predicted molar refractivity (Wildman–Crippen MR) is 158 cm³/mol. The monoisotopic (exact) mass is 578 g/mol. The number of hydrogen-bond acceptors (Lipinski definition) is 11. The summed E-state index contributed by atoms with van der Waals surface area (Å²) in [5.74, 6) is 0.218. The Bertz CT molecular complexity index is 1620. The summed E-state index contributed by atoms with van der Waals surface area (Å²) >= 11 is 0. The Labute approximate surface area is 239 Å². The predicted octanol–water partition coefficient (Wildman–Crippen LogP) is -1.59. The third-order valence-electron chi connectivity index (χ3n) is 6.40. The second-order valence-electron chi connectivity index (χ2n) is 11.4. The van der Waals surface area contributed by atoms with Crippen LogP contribution in [0.25, 0.3) is 11.5 Å². The molecular weight excluding hydrogens is 549 g/mol. The van der Waals surface area contributed by atoms with Crippen LogP contribution in [0, 0.1) is 5.92 Å². The van der Waals surface area contributed by atoms with Crippen LogP contribution in [0.4, 0.5) is 17.2 Å². The molecule has 41 heavy (non-hydrogen) atoms. The highest BCUT2D eigenvalue weighted by atomic mass is 32.2. The van der Waals surface area contributed by atoms with E-state index in [9.17, 15) is 18.0 Å². The fourth-order valence-electron chi connectivity index (χ4n) is 4.24. The molecular formula is C23H29B3N8O6S. The quantitative estimate of drug-likeness (QED) is 0.192. The van der Waals surface area contributed by atoms with Gasteiger partial charge in [0.15, 0.2) is 23.1 Å². The van der Waals surface area contributed by atoms with Crippen molar-refractivity contribution in [2.45, 2.75) is 36.5 Å². The van der Waals surface area contributed by atoms with Crippen molar-refractivity contribution in [2.24, 2.45) is 5.92 Å². The average Bonchev–Trinajstić information content (AvgIpc) is 3.80. The molecule has 2 aromatic heterocycles. The van der Waals surface area contributed by atoms with Gasteiger partial charge in [0, 0.05) is 12.0 Å². The Morgan fingerprint density at radius 1 is 1.15 bits per heavy atom. The van der Waals surface area contributed by atoms with Crippen molar-refractivity contribution >= 4 is 62.6 Å². The average molecular weight is 578 g/mol. The van der Waals surface area contributed by atoms with Crippen molar-refractivity contribution in [3.05, 3.63) is 35.8 Å². The van der Waals surface area contributed by atoms with Crippen LogP contribution < -0.4 is 25.4 Å².